The van der Waals surface area contributed by atoms with Crippen molar-refractivity contribution in [2.24, 2.45) is 0 Å². The van der Waals surface area contributed by atoms with Gasteiger partial charge in [0.25, 0.3) is 0 Å². The largest absolute Gasteiger partial charge is 0.458 e. The molecule has 138 valence electrons. The van der Waals surface area contributed by atoms with Crippen molar-refractivity contribution < 1.29 is 19.1 Å². The zero-order valence-electron chi connectivity index (χ0n) is 15.4. The number of hydrogen-bond donors (Lipinski definition) is 0. The number of unbranched alkanes of at least 4 members (excludes halogenated alkanes) is 2. The number of hydrogen-bond acceptors (Lipinski definition) is 4. The van der Waals surface area contributed by atoms with E-state index in [0.29, 0.717) is 12.0 Å². The van der Waals surface area contributed by atoms with E-state index in [1.165, 1.54) is 0 Å². The molecular weight excluding hydrogens is 328 g/mol. The van der Waals surface area contributed by atoms with Crippen molar-refractivity contribution in [2.75, 3.05) is 0 Å². The van der Waals surface area contributed by atoms with Crippen LogP contribution < -0.4 is 0 Å². The first kappa shape index (κ1) is 19.7. The standard InChI is InChI=1S/C22H26O4/c1-3-4-6-11-21(23)26-17(2)19-12-14-20(15-13-19)22(24)25-16-18-9-7-5-8-10-18/h5,7-10,12-15,17H,3-4,6,11,16H2,1-2H3. The Morgan fingerprint density at radius 3 is 2.31 bits per heavy atom. The molecule has 2 aromatic rings. The van der Waals surface area contributed by atoms with Gasteiger partial charge in [-0.3, -0.25) is 4.79 Å². The molecule has 0 saturated heterocycles. The first-order chi connectivity index (χ1) is 12.6. The molecule has 2 aromatic carbocycles. The fourth-order valence-electron chi connectivity index (χ4n) is 2.54. The maximum atomic E-state index is 12.1. The highest BCUT2D eigenvalue weighted by Crippen LogP contribution is 2.19. The van der Waals surface area contributed by atoms with E-state index in [0.717, 1.165) is 30.4 Å². The zero-order chi connectivity index (χ0) is 18.8. The fraction of sp³-hybridized carbons (Fsp3) is 0.364. The summed E-state index contributed by atoms with van der Waals surface area (Å²) < 4.78 is 10.7. The molecule has 2 rings (SSSR count). The molecule has 0 aliphatic carbocycles. The van der Waals surface area contributed by atoms with Crippen molar-refractivity contribution in [3.8, 4) is 0 Å². The quantitative estimate of drug-likeness (QED) is 0.457. The normalized spacial score (nSPS) is 11.6. The third-order valence-corrected chi connectivity index (χ3v) is 4.12. The zero-order valence-corrected chi connectivity index (χ0v) is 15.4. The maximum Gasteiger partial charge on any atom is 0.338 e. The highest BCUT2D eigenvalue weighted by molar-refractivity contribution is 5.89. The first-order valence-electron chi connectivity index (χ1n) is 9.10. The van der Waals surface area contributed by atoms with Crippen molar-refractivity contribution >= 4 is 11.9 Å². The molecule has 0 aliphatic rings. The van der Waals surface area contributed by atoms with Crippen LogP contribution in [0.1, 0.15) is 67.1 Å². The molecule has 0 saturated carbocycles. The minimum absolute atomic E-state index is 0.183. The maximum absolute atomic E-state index is 12.1. The molecule has 0 aromatic heterocycles. The summed E-state index contributed by atoms with van der Waals surface area (Å²) in [6.07, 6.45) is 3.07. The van der Waals surface area contributed by atoms with Gasteiger partial charge >= 0.3 is 11.9 Å². The minimum atomic E-state index is -0.371. The van der Waals surface area contributed by atoms with E-state index in [4.69, 9.17) is 9.47 Å². The minimum Gasteiger partial charge on any atom is -0.458 e. The summed E-state index contributed by atoms with van der Waals surface area (Å²) in [5.74, 6) is -0.554. The summed E-state index contributed by atoms with van der Waals surface area (Å²) in [4.78, 5) is 23.9. The molecule has 0 aliphatic heterocycles. The van der Waals surface area contributed by atoms with Gasteiger partial charge in [-0.15, -0.1) is 0 Å². The molecule has 0 amide bonds. The smallest absolute Gasteiger partial charge is 0.338 e. The van der Waals surface area contributed by atoms with E-state index in [1.807, 2.05) is 37.3 Å². The van der Waals surface area contributed by atoms with Gasteiger partial charge in [0.15, 0.2) is 0 Å². The van der Waals surface area contributed by atoms with E-state index in [-0.39, 0.29) is 24.6 Å². The lowest BCUT2D eigenvalue weighted by molar-refractivity contribution is -0.148. The molecule has 0 N–H and O–H groups in total. The van der Waals surface area contributed by atoms with E-state index in [1.54, 1.807) is 24.3 Å². The number of carbonyl (C=O) groups excluding carboxylic acids is 2. The van der Waals surface area contributed by atoms with E-state index >= 15 is 0 Å². The third kappa shape index (κ3) is 6.36. The average molecular weight is 354 g/mol. The van der Waals surface area contributed by atoms with Crippen molar-refractivity contribution in [1.29, 1.82) is 0 Å². The van der Waals surface area contributed by atoms with Crippen LogP contribution in [0.25, 0.3) is 0 Å². The van der Waals surface area contributed by atoms with Gasteiger partial charge in [-0.05, 0) is 36.6 Å². The lowest BCUT2D eigenvalue weighted by Gasteiger charge is -2.14. The van der Waals surface area contributed by atoms with Crippen molar-refractivity contribution in [3.63, 3.8) is 0 Å². The summed E-state index contributed by atoms with van der Waals surface area (Å²) in [7, 11) is 0. The number of carbonyl (C=O) groups is 2. The fourth-order valence-corrected chi connectivity index (χ4v) is 2.54. The predicted molar refractivity (Wildman–Crippen MR) is 101 cm³/mol. The van der Waals surface area contributed by atoms with Crippen LogP contribution in [0, 0.1) is 0 Å². The Morgan fingerprint density at radius 2 is 1.65 bits per heavy atom. The molecule has 4 heteroatoms. The lowest BCUT2D eigenvalue weighted by Crippen LogP contribution is -2.09. The van der Waals surface area contributed by atoms with Gasteiger partial charge < -0.3 is 9.47 Å². The van der Waals surface area contributed by atoms with Crippen molar-refractivity contribution in [2.45, 2.75) is 52.2 Å². The lowest BCUT2D eigenvalue weighted by atomic mass is 10.1. The SMILES string of the molecule is CCCCCC(=O)OC(C)c1ccc(C(=O)OCc2ccccc2)cc1. The average Bonchev–Trinajstić information content (AvgIpc) is 2.67. The van der Waals surface area contributed by atoms with E-state index in [2.05, 4.69) is 6.92 Å². The predicted octanol–water partition coefficient (Wildman–Crippen LogP) is 5.23. The molecule has 1 atom stereocenters. The van der Waals surface area contributed by atoms with Crippen molar-refractivity contribution in [3.05, 3.63) is 71.3 Å². The van der Waals surface area contributed by atoms with Gasteiger partial charge in [0.2, 0.25) is 0 Å². The van der Waals surface area contributed by atoms with Crippen LogP contribution in [0.5, 0.6) is 0 Å². The monoisotopic (exact) mass is 354 g/mol. The highest BCUT2D eigenvalue weighted by Gasteiger charge is 2.13. The molecular formula is C22H26O4. The topological polar surface area (TPSA) is 52.6 Å². The number of benzene rings is 2. The van der Waals surface area contributed by atoms with Gasteiger partial charge in [0.05, 0.1) is 5.56 Å². The van der Waals surface area contributed by atoms with Gasteiger partial charge in [-0.25, -0.2) is 4.79 Å². The summed E-state index contributed by atoms with van der Waals surface area (Å²) in [6.45, 7) is 4.17. The Labute approximate surface area is 155 Å². The molecule has 4 nitrogen and oxygen atoms in total. The molecule has 0 bridgehead atoms. The molecule has 0 radical (unpaired) electrons. The molecule has 0 heterocycles. The molecule has 1 unspecified atom stereocenters. The second-order valence-electron chi connectivity index (χ2n) is 6.27. The van der Waals surface area contributed by atoms with Crippen LogP contribution in [0.15, 0.2) is 54.6 Å². The van der Waals surface area contributed by atoms with Crippen molar-refractivity contribution in [1.82, 2.24) is 0 Å². The van der Waals surface area contributed by atoms with Crippen LogP contribution in [0.4, 0.5) is 0 Å². The second-order valence-corrected chi connectivity index (χ2v) is 6.27. The van der Waals surface area contributed by atoms with Crippen LogP contribution in [0.2, 0.25) is 0 Å². The van der Waals surface area contributed by atoms with Crippen LogP contribution in [-0.4, -0.2) is 11.9 Å². The summed E-state index contributed by atoms with van der Waals surface area (Å²) in [5, 5.41) is 0. The summed E-state index contributed by atoms with van der Waals surface area (Å²) in [5.41, 5.74) is 2.28. The second kappa shape index (κ2) is 10.4. The van der Waals surface area contributed by atoms with Gasteiger partial charge in [-0.1, -0.05) is 62.2 Å². The van der Waals surface area contributed by atoms with Gasteiger partial charge in [-0.2, -0.15) is 0 Å². The van der Waals surface area contributed by atoms with Crippen LogP contribution >= 0.6 is 0 Å². The van der Waals surface area contributed by atoms with Gasteiger partial charge in [0, 0.05) is 6.42 Å². The Bertz CT molecular complexity index is 692. The Kier molecular flexibility index (Phi) is 7.87. The molecule has 0 fully saturated rings. The van der Waals surface area contributed by atoms with E-state index in [9.17, 15) is 9.59 Å². The van der Waals surface area contributed by atoms with Crippen LogP contribution in [-0.2, 0) is 20.9 Å². The Balaban J connectivity index is 1.84. The molecule has 0 spiro atoms. The summed E-state index contributed by atoms with van der Waals surface area (Å²) in [6, 6.07) is 16.5. The first-order valence-corrected chi connectivity index (χ1v) is 9.10. The number of ether oxygens (including phenoxy) is 2. The summed E-state index contributed by atoms with van der Waals surface area (Å²) >= 11 is 0. The highest BCUT2D eigenvalue weighted by atomic mass is 16.5. The third-order valence-electron chi connectivity index (χ3n) is 4.12. The Hall–Kier alpha value is -2.62. The Morgan fingerprint density at radius 1 is 0.962 bits per heavy atom. The van der Waals surface area contributed by atoms with Gasteiger partial charge in [0.1, 0.15) is 12.7 Å². The number of rotatable bonds is 9. The van der Waals surface area contributed by atoms with E-state index < -0.39 is 0 Å². The molecule has 26 heavy (non-hydrogen) atoms. The number of esters is 2. The van der Waals surface area contributed by atoms with Crippen LogP contribution in [0.3, 0.4) is 0 Å².